The molecule has 1 aromatic carbocycles. The van der Waals surface area contributed by atoms with E-state index in [1.165, 1.54) is 0 Å². The first-order valence-corrected chi connectivity index (χ1v) is 6.41. The van der Waals surface area contributed by atoms with Crippen LogP contribution >= 0.6 is 0 Å². The first-order valence-electron chi connectivity index (χ1n) is 6.41. The minimum atomic E-state index is -0.250. The molecule has 6 heteroatoms. The van der Waals surface area contributed by atoms with Gasteiger partial charge < -0.3 is 19.9 Å². The standard InChI is InChI=1S/C14H22N2O4/c1-4-19-14(17)9-16(2)8-11-7-12(20-10-18-3)5-6-13(11)15/h5-7H,4,8-10,15H2,1-3H3. The zero-order valence-electron chi connectivity index (χ0n) is 12.2. The smallest absolute Gasteiger partial charge is 0.320 e. The van der Waals surface area contributed by atoms with E-state index in [9.17, 15) is 4.79 Å². The van der Waals surface area contributed by atoms with E-state index in [4.69, 9.17) is 19.9 Å². The lowest BCUT2D eigenvalue weighted by atomic mass is 10.1. The molecule has 0 atom stereocenters. The van der Waals surface area contributed by atoms with Crippen molar-refractivity contribution in [1.82, 2.24) is 4.90 Å². The summed E-state index contributed by atoms with van der Waals surface area (Å²) in [6.07, 6.45) is 0. The van der Waals surface area contributed by atoms with E-state index >= 15 is 0 Å². The number of ether oxygens (including phenoxy) is 3. The zero-order chi connectivity index (χ0) is 15.0. The molecule has 0 saturated carbocycles. The highest BCUT2D eigenvalue weighted by Crippen LogP contribution is 2.21. The van der Waals surface area contributed by atoms with Crippen LogP contribution in [0.5, 0.6) is 5.75 Å². The summed E-state index contributed by atoms with van der Waals surface area (Å²) >= 11 is 0. The van der Waals surface area contributed by atoms with Gasteiger partial charge in [0.15, 0.2) is 6.79 Å². The molecule has 0 amide bonds. The lowest BCUT2D eigenvalue weighted by Crippen LogP contribution is -2.27. The fourth-order valence-corrected chi connectivity index (χ4v) is 1.71. The molecule has 0 saturated heterocycles. The van der Waals surface area contributed by atoms with E-state index in [-0.39, 0.29) is 19.3 Å². The van der Waals surface area contributed by atoms with Gasteiger partial charge in [-0.15, -0.1) is 0 Å². The molecule has 0 radical (unpaired) electrons. The van der Waals surface area contributed by atoms with Gasteiger partial charge >= 0.3 is 5.97 Å². The SMILES string of the molecule is CCOC(=O)CN(C)Cc1cc(OCOC)ccc1N. The van der Waals surface area contributed by atoms with Crippen molar-refractivity contribution in [2.24, 2.45) is 0 Å². The van der Waals surface area contributed by atoms with E-state index in [0.29, 0.717) is 24.6 Å². The third-order valence-electron chi connectivity index (χ3n) is 2.60. The van der Waals surface area contributed by atoms with Crippen molar-refractivity contribution in [2.45, 2.75) is 13.5 Å². The predicted octanol–water partition coefficient (Wildman–Crippen LogP) is 1.25. The van der Waals surface area contributed by atoms with Crippen molar-refractivity contribution in [3.8, 4) is 5.75 Å². The van der Waals surface area contributed by atoms with Crippen LogP contribution in [-0.2, 0) is 20.8 Å². The Kier molecular flexibility index (Phi) is 6.83. The van der Waals surface area contributed by atoms with E-state index in [0.717, 1.165) is 5.56 Å². The van der Waals surface area contributed by atoms with E-state index in [2.05, 4.69) is 0 Å². The Morgan fingerprint density at radius 2 is 2.15 bits per heavy atom. The summed E-state index contributed by atoms with van der Waals surface area (Å²) in [5, 5.41) is 0. The number of nitrogens with two attached hydrogens (primary N) is 1. The van der Waals surface area contributed by atoms with Crippen LogP contribution in [0, 0.1) is 0 Å². The summed E-state index contributed by atoms with van der Waals surface area (Å²) in [5.74, 6) is 0.431. The summed E-state index contributed by atoms with van der Waals surface area (Å²) < 4.78 is 15.1. The number of carbonyl (C=O) groups excluding carboxylic acids is 1. The van der Waals surface area contributed by atoms with Gasteiger partial charge in [0, 0.05) is 19.3 Å². The molecule has 112 valence electrons. The Hall–Kier alpha value is -1.79. The van der Waals surface area contributed by atoms with Crippen LogP contribution in [0.3, 0.4) is 0 Å². The Balaban J connectivity index is 2.63. The number of methoxy groups -OCH3 is 1. The van der Waals surface area contributed by atoms with Gasteiger partial charge in [-0.1, -0.05) is 0 Å². The van der Waals surface area contributed by atoms with Crippen molar-refractivity contribution in [3.63, 3.8) is 0 Å². The zero-order valence-corrected chi connectivity index (χ0v) is 12.2. The van der Waals surface area contributed by atoms with Crippen molar-refractivity contribution in [3.05, 3.63) is 23.8 Å². The third-order valence-corrected chi connectivity index (χ3v) is 2.60. The van der Waals surface area contributed by atoms with Gasteiger partial charge in [0.05, 0.1) is 13.2 Å². The number of carbonyl (C=O) groups is 1. The minimum absolute atomic E-state index is 0.183. The van der Waals surface area contributed by atoms with Crippen molar-refractivity contribution >= 4 is 11.7 Å². The first-order chi connectivity index (χ1) is 9.56. The number of rotatable bonds is 8. The number of nitrogen functional groups attached to an aromatic ring is 1. The van der Waals surface area contributed by atoms with Crippen LogP contribution in [0.1, 0.15) is 12.5 Å². The number of esters is 1. The average Bonchev–Trinajstić information content (AvgIpc) is 2.39. The molecule has 0 heterocycles. The highest BCUT2D eigenvalue weighted by Gasteiger charge is 2.10. The van der Waals surface area contributed by atoms with Crippen LogP contribution in [-0.4, -0.2) is 45.0 Å². The number of hydrogen-bond acceptors (Lipinski definition) is 6. The fourth-order valence-electron chi connectivity index (χ4n) is 1.71. The average molecular weight is 282 g/mol. The molecule has 0 aliphatic carbocycles. The molecule has 1 aromatic rings. The molecule has 0 aliphatic rings. The number of likely N-dealkylation sites (N-methyl/N-ethyl adjacent to an activating group) is 1. The largest absolute Gasteiger partial charge is 0.468 e. The minimum Gasteiger partial charge on any atom is -0.468 e. The van der Waals surface area contributed by atoms with Gasteiger partial charge in [0.25, 0.3) is 0 Å². The Bertz CT molecular complexity index is 437. The number of anilines is 1. The number of nitrogens with zero attached hydrogens (tertiary/aromatic N) is 1. The summed E-state index contributed by atoms with van der Waals surface area (Å²) in [4.78, 5) is 13.2. The van der Waals surface area contributed by atoms with Crippen LogP contribution < -0.4 is 10.5 Å². The van der Waals surface area contributed by atoms with Crippen molar-refractivity contribution < 1.29 is 19.0 Å². The molecule has 0 unspecified atom stereocenters. The maximum Gasteiger partial charge on any atom is 0.320 e. The summed E-state index contributed by atoms with van der Waals surface area (Å²) in [6.45, 7) is 3.11. The van der Waals surface area contributed by atoms with Gasteiger partial charge in [-0.05, 0) is 37.7 Å². The lowest BCUT2D eigenvalue weighted by Gasteiger charge is -2.17. The summed E-state index contributed by atoms with van der Waals surface area (Å²) in [7, 11) is 3.39. The monoisotopic (exact) mass is 282 g/mol. The van der Waals surface area contributed by atoms with Crippen LogP contribution in [0.4, 0.5) is 5.69 Å². The highest BCUT2D eigenvalue weighted by atomic mass is 16.7. The van der Waals surface area contributed by atoms with Crippen LogP contribution in [0.15, 0.2) is 18.2 Å². The van der Waals surface area contributed by atoms with Crippen molar-refractivity contribution in [1.29, 1.82) is 0 Å². The first kappa shape index (κ1) is 16.3. The second-order valence-corrected chi connectivity index (χ2v) is 4.39. The molecule has 1 rings (SSSR count). The maximum absolute atomic E-state index is 11.4. The van der Waals surface area contributed by atoms with E-state index in [1.54, 1.807) is 26.2 Å². The molecule has 0 bridgehead atoms. The van der Waals surface area contributed by atoms with Gasteiger partial charge in [0.1, 0.15) is 5.75 Å². The summed E-state index contributed by atoms with van der Waals surface area (Å²) in [6, 6.07) is 5.40. The second-order valence-electron chi connectivity index (χ2n) is 4.39. The molecular formula is C14H22N2O4. The molecular weight excluding hydrogens is 260 g/mol. The molecule has 0 spiro atoms. The summed E-state index contributed by atoms with van der Waals surface area (Å²) in [5.41, 5.74) is 7.48. The third kappa shape index (κ3) is 5.46. The number of benzene rings is 1. The molecule has 2 N–H and O–H groups in total. The Morgan fingerprint density at radius 3 is 2.80 bits per heavy atom. The molecule has 0 aromatic heterocycles. The Labute approximate surface area is 119 Å². The van der Waals surface area contributed by atoms with Gasteiger partial charge in [-0.2, -0.15) is 0 Å². The van der Waals surface area contributed by atoms with E-state index in [1.807, 2.05) is 18.0 Å². The molecule has 6 nitrogen and oxygen atoms in total. The lowest BCUT2D eigenvalue weighted by molar-refractivity contribution is -0.144. The quantitative estimate of drug-likeness (QED) is 0.439. The van der Waals surface area contributed by atoms with Gasteiger partial charge in [-0.3, -0.25) is 9.69 Å². The normalized spacial score (nSPS) is 10.6. The molecule has 20 heavy (non-hydrogen) atoms. The molecule has 0 aliphatic heterocycles. The topological polar surface area (TPSA) is 74.0 Å². The highest BCUT2D eigenvalue weighted by molar-refractivity contribution is 5.71. The Morgan fingerprint density at radius 1 is 1.40 bits per heavy atom. The maximum atomic E-state index is 11.4. The predicted molar refractivity (Wildman–Crippen MR) is 76.3 cm³/mol. The van der Waals surface area contributed by atoms with E-state index < -0.39 is 0 Å². The molecule has 0 fully saturated rings. The number of hydrogen-bond donors (Lipinski definition) is 1. The van der Waals surface area contributed by atoms with Crippen molar-refractivity contribution in [2.75, 3.05) is 39.8 Å². The second kappa shape index (κ2) is 8.39. The fraction of sp³-hybridized carbons (Fsp3) is 0.500. The van der Waals surface area contributed by atoms with Gasteiger partial charge in [-0.25, -0.2) is 0 Å². The van der Waals surface area contributed by atoms with Gasteiger partial charge in [0.2, 0.25) is 0 Å². The van der Waals surface area contributed by atoms with Crippen LogP contribution in [0.2, 0.25) is 0 Å². The van der Waals surface area contributed by atoms with Crippen LogP contribution in [0.25, 0.3) is 0 Å².